The van der Waals surface area contributed by atoms with Gasteiger partial charge in [-0.25, -0.2) is 0 Å². The van der Waals surface area contributed by atoms with E-state index in [9.17, 15) is 4.79 Å². The Labute approximate surface area is 238 Å². The highest BCUT2D eigenvalue weighted by atomic mass is 16.5. The molecule has 0 aliphatic rings. The van der Waals surface area contributed by atoms with Crippen LogP contribution in [0.5, 0.6) is 17.2 Å². The molecule has 0 aliphatic heterocycles. The van der Waals surface area contributed by atoms with Crippen molar-refractivity contribution in [1.29, 1.82) is 0 Å². The van der Waals surface area contributed by atoms with E-state index in [1.54, 1.807) is 0 Å². The van der Waals surface area contributed by atoms with Crippen LogP contribution in [0.1, 0.15) is 134 Å². The van der Waals surface area contributed by atoms with Crippen molar-refractivity contribution in [3.63, 3.8) is 0 Å². The highest BCUT2D eigenvalue weighted by Crippen LogP contribution is 2.29. The maximum absolute atomic E-state index is 13.5. The van der Waals surface area contributed by atoms with E-state index in [1.165, 1.54) is 5.56 Å². The van der Waals surface area contributed by atoms with Gasteiger partial charge in [-0.2, -0.15) is 0 Å². The highest BCUT2D eigenvalue weighted by Gasteiger charge is 2.16. The first-order valence-electron chi connectivity index (χ1n) is 15.6. The number of aryl methyl sites for hydroxylation is 2. The zero-order valence-electron chi connectivity index (χ0n) is 25.8. The molecule has 0 spiro atoms. The van der Waals surface area contributed by atoms with Gasteiger partial charge in [0, 0.05) is 18.1 Å². The molecule has 0 saturated carbocycles. The largest absolute Gasteiger partial charge is 0.491 e. The van der Waals surface area contributed by atoms with E-state index in [-0.39, 0.29) is 24.1 Å². The summed E-state index contributed by atoms with van der Waals surface area (Å²) in [5.74, 6) is 2.42. The van der Waals surface area contributed by atoms with Crippen LogP contribution in [0.4, 0.5) is 0 Å². The normalized spacial score (nSPS) is 13.5. The molecule has 0 aliphatic carbocycles. The fourth-order valence-corrected chi connectivity index (χ4v) is 4.76. The van der Waals surface area contributed by atoms with Gasteiger partial charge in [0.25, 0.3) is 0 Å². The smallest absolute Gasteiger partial charge is 0.163 e. The molecule has 3 atom stereocenters. The Hall–Kier alpha value is -2.49. The number of hydrogen-bond donors (Lipinski definition) is 0. The molecule has 0 N–H and O–H groups in total. The van der Waals surface area contributed by atoms with E-state index in [1.807, 2.05) is 18.2 Å². The standard InChI is InChI=1S/C35H54O4/c1-8-12-15-26(5)37-32-23-31(24-33(25-32)38-27(6)16-13-9-2)34(36)20-19-30-22-29(11-4)18-21-35(30)39-28(7)17-14-10-3/h18,21-28H,8-17,19-20H2,1-7H3. The molecule has 2 aromatic carbocycles. The molecular formula is C35H54O4. The molecule has 0 fully saturated rings. The minimum absolute atomic E-state index is 0.0897. The van der Waals surface area contributed by atoms with Crippen LogP contribution < -0.4 is 14.2 Å². The number of benzene rings is 2. The lowest BCUT2D eigenvalue weighted by Gasteiger charge is -2.19. The van der Waals surface area contributed by atoms with Gasteiger partial charge in [-0.3, -0.25) is 4.79 Å². The van der Waals surface area contributed by atoms with Crippen LogP contribution in [0.3, 0.4) is 0 Å². The third-order valence-corrected chi connectivity index (χ3v) is 7.25. The maximum atomic E-state index is 13.5. The van der Waals surface area contributed by atoms with Gasteiger partial charge in [-0.1, -0.05) is 78.4 Å². The molecule has 2 rings (SSSR count). The molecule has 0 heterocycles. The first kappa shape index (κ1) is 32.7. The highest BCUT2D eigenvalue weighted by molar-refractivity contribution is 5.97. The van der Waals surface area contributed by atoms with Crippen LogP contribution in [0.15, 0.2) is 36.4 Å². The van der Waals surface area contributed by atoms with Gasteiger partial charge in [-0.15, -0.1) is 0 Å². The van der Waals surface area contributed by atoms with Crippen LogP contribution in [0.2, 0.25) is 0 Å². The maximum Gasteiger partial charge on any atom is 0.163 e. The zero-order valence-corrected chi connectivity index (χ0v) is 25.8. The predicted octanol–water partition coefficient (Wildman–Crippen LogP) is 9.94. The summed E-state index contributed by atoms with van der Waals surface area (Å²) in [5.41, 5.74) is 3.02. The Kier molecular flexibility index (Phi) is 15.1. The molecule has 3 unspecified atom stereocenters. The van der Waals surface area contributed by atoms with Gasteiger partial charge >= 0.3 is 0 Å². The van der Waals surface area contributed by atoms with Gasteiger partial charge in [0.1, 0.15) is 17.2 Å². The van der Waals surface area contributed by atoms with Gasteiger partial charge < -0.3 is 14.2 Å². The summed E-state index contributed by atoms with van der Waals surface area (Å²) in [5, 5.41) is 0. The third-order valence-electron chi connectivity index (χ3n) is 7.25. The van der Waals surface area contributed by atoms with Gasteiger partial charge in [0.15, 0.2) is 5.78 Å². The first-order valence-corrected chi connectivity index (χ1v) is 15.6. The molecule has 2 aromatic rings. The molecule has 0 aromatic heterocycles. The summed E-state index contributed by atoms with van der Waals surface area (Å²) in [4.78, 5) is 13.5. The molecule has 0 radical (unpaired) electrons. The SMILES string of the molecule is CCCCC(C)Oc1cc(OC(C)CCCC)cc(C(=O)CCc2cc(CC)ccc2OC(C)CCCC)c1. The van der Waals surface area contributed by atoms with Gasteiger partial charge in [-0.05, 0) is 82.2 Å². The molecular weight excluding hydrogens is 484 g/mol. The second kappa shape index (κ2) is 18.0. The molecule has 4 nitrogen and oxygen atoms in total. The molecule has 0 amide bonds. The number of ketones is 1. The Morgan fingerprint density at radius 2 is 1.21 bits per heavy atom. The van der Waals surface area contributed by atoms with E-state index in [0.29, 0.717) is 29.9 Å². The zero-order chi connectivity index (χ0) is 28.6. The average Bonchev–Trinajstić information content (AvgIpc) is 2.92. The monoisotopic (exact) mass is 538 g/mol. The molecule has 218 valence electrons. The summed E-state index contributed by atoms with van der Waals surface area (Å²) in [6, 6.07) is 12.1. The lowest BCUT2D eigenvalue weighted by atomic mass is 9.99. The van der Waals surface area contributed by atoms with Crippen molar-refractivity contribution in [2.45, 2.75) is 144 Å². The number of ether oxygens (including phenoxy) is 3. The topological polar surface area (TPSA) is 44.8 Å². The van der Waals surface area contributed by atoms with Crippen molar-refractivity contribution >= 4 is 5.78 Å². The lowest BCUT2D eigenvalue weighted by Crippen LogP contribution is -2.15. The summed E-state index contributed by atoms with van der Waals surface area (Å²) in [7, 11) is 0. The van der Waals surface area contributed by atoms with E-state index in [4.69, 9.17) is 14.2 Å². The summed E-state index contributed by atoms with van der Waals surface area (Å²) < 4.78 is 18.8. The predicted molar refractivity (Wildman–Crippen MR) is 164 cm³/mol. The van der Waals surface area contributed by atoms with E-state index in [0.717, 1.165) is 75.5 Å². The molecule has 39 heavy (non-hydrogen) atoms. The minimum atomic E-state index is 0.0897. The fourth-order valence-electron chi connectivity index (χ4n) is 4.76. The lowest BCUT2D eigenvalue weighted by molar-refractivity contribution is 0.0980. The van der Waals surface area contributed by atoms with Crippen LogP contribution in [0.25, 0.3) is 0 Å². The Balaban J connectivity index is 2.22. The second-order valence-corrected chi connectivity index (χ2v) is 11.1. The molecule has 0 bridgehead atoms. The fraction of sp³-hybridized carbons (Fsp3) is 0.629. The summed E-state index contributed by atoms with van der Waals surface area (Å²) in [6.45, 7) is 15.1. The van der Waals surface area contributed by atoms with Crippen molar-refractivity contribution in [2.75, 3.05) is 0 Å². The van der Waals surface area contributed by atoms with Gasteiger partial charge in [0.2, 0.25) is 0 Å². The van der Waals surface area contributed by atoms with Gasteiger partial charge in [0.05, 0.1) is 18.3 Å². The number of Topliss-reactive ketones (excluding diaryl/α,β-unsaturated/α-hetero) is 1. The van der Waals surface area contributed by atoms with Crippen molar-refractivity contribution < 1.29 is 19.0 Å². The number of rotatable bonds is 20. The summed E-state index contributed by atoms with van der Waals surface area (Å²) >= 11 is 0. The first-order chi connectivity index (χ1) is 18.8. The van der Waals surface area contributed by atoms with Crippen LogP contribution in [-0.4, -0.2) is 24.1 Å². The van der Waals surface area contributed by atoms with E-state index < -0.39 is 0 Å². The number of carbonyl (C=O) groups is 1. The van der Waals surface area contributed by atoms with E-state index >= 15 is 0 Å². The second-order valence-electron chi connectivity index (χ2n) is 11.1. The Bertz CT molecular complexity index is 948. The third kappa shape index (κ3) is 12.1. The quantitative estimate of drug-likeness (QED) is 0.157. The van der Waals surface area contributed by atoms with E-state index in [2.05, 4.69) is 66.7 Å². The number of unbranched alkanes of at least 4 members (excludes halogenated alkanes) is 3. The Morgan fingerprint density at radius 3 is 1.69 bits per heavy atom. The Morgan fingerprint density at radius 1 is 0.692 bits per heavy atom. The number of carbonyl (C=O) groups excluding carboxylic acids is 1. The van der Waals surface area contributed by atoms with Crippen LogP contribution in [-0.2, 0) is 12.8 Å². The van der Waals surface area contributed by atoms with Crippen molar-refractivity contribution in [2.24, 2.45) is 0 Å². The van der Waals surface area contributed by atoms with Crippen LogP contribution in [0, 0.1) is 0 Å². The molecule has 0 saturated heterocycles. The average molecular weight is 539 g/mol. The van der Waals surface area contributed by atoms with Crippen molar-refractivity contribution in [1.82, 2.24) is 0 Å². The van der Waals surface area contributed by atoms with Crippen molar-refractivity contribution in [3.8, 4) is 17.2 Å². The van der Waals surface area contributed by atoms with Crippen molar-refractivity contribution in [3.05, 3.63) is 53.1 Å². The molecule has 4 heteroatoms. The summed E-state index contributed by atoms with van der Waals surface area (Å²) in [6.07, 6.45) is 12.2. The van der Waals surface area contributed by atoms with Crippen LogP contribution >= 0.6 is 0 Å². The minimum Gasteiger partial charge on any atom is -0.491 e. The number of hydrogen-bond acceptors (Lipinski definition) is 4.